The first-order valence-electron chi connectivity index (χ1n) is 9.19. The summed E-state index contributed by atoms with van der Waals surface area (Å²) in [6.45, 7) is -0.0952. The van der Waals surface area contributed by atoms with Gasteiger partial charge in [0.1, 0.15) is 0 Å². The number of carbonyl (C=O) groups excluding carboxylic acids is 2. The summed E-state index contributed by atoms with van der Waals surface area (Å²) in [5.41, 5.74) is 0.165. The fraction of sp³-hybridized carbons (Fsp3) is 0.0909. The first-order chi connectivity index (χ1) is 15.1. The van der Waals surface area contributed by atoms with Crippen molar-refractivity contribution in [2.45, 2.75) is 6.18 Å². The molecule has 0 fully saturated rings. The van der Waals surface area contributed by atoms with Crippen LogP contribution in [-0.2, 0) is 11.0 Å². The molecule has 2 amide bonds. The quantitative estimate of drug-likeness (QED) is 0.386. The Kier molecular flexibility index (Phi) is 7.27. The standard InChI is InChI=1S/C22H16Cl2F3N3O2/c23-15-7-8-19(18(24)11-15)28-12-20(31)29-16-5-1-3-13(9-16)21(32)30-17-6-2-4-14(10-17)22(25,26)27/h1-11,28H,12H2,(H,29,31)(H,30,32). The monoisotopic (exact) mass is 481 g/mol. The number of hydrogen-bond acceptors (Lipinski definition) is 3. The van der Waals surface area contributed by atoms with Gasteiger partial charge in [0.2, 0.25) is 5.91 Å². The predicted molar refractivity (Wildman–Crippen MR) is 119 cm³/mol. The van der Waals surface area contributed by atoms with E-state index in [9.17, 15) is 22.8 Å². The molecule has 0 aromatic heterocycles. The molecular weight excluding hydrogens is 466 g/mol. The molecular formula is C22H16Cl2F3N3O2. The summed E-state index contributed by atoms with van der Waals surface area (Å²) in [5, 5.41) is 8.75. The van der Waals surface area contributed by atoms with Crippen LogP contribution in [0.15, 0.2) is 66.7 Å². The summed E-state index contributed by atoms with van der Waals surface area (Å²) in [4.78, 5) is 24.7. The summed E-state index contributed by atoms with van der Waals surface area (Å²) in [7, 11) is 0. The van der Waals surface area contributed by atoms with Crippen LogP contribution in [-0.4, -0.2) is 18.4 Å². The summed E-state index contributed by atoms with van der Waals surface area (Å²) in [5.74, 6) is -1.02. The molecule has 10 heteroatoms. The Morgan fingerprint density at radius 3 is 2.22 bits per heavy atom. The van der Waals surface area contributed by atoms with Crippen LogP contribution in [0, 0.1) is 0 Å². The fourth-order valence-corrected chi connectivity index (χ4v) is 3.20. The molecule has 0 unspecified atom stereocenters. The van der Waals surface area contributed by atoms with Crippen molar-refractivity contribution >= 4 is 52.1 Å². The maximum atomic E-state index is 12.8. The van der Waals surface area contributed by atoms with Crippen LogP contribution < -0.4 is 16.0 Å². The third-order valence-electron chi connectivity index (χ3n) is 4.23. The molecule has 3 rings (SSSR count). The van der Waals surface area contributed by atoms with Crippen molar-refractivity contribution in [3.05, 3.63) is 87.9 Å². The number of amides is 2. The number of carbonyl (C=O) groups is 2. The number of benzene rings is 3. The molecule has 0 spiro atoms. The van der Waals surface area contributed by atoms with Crippen molar-refractivity contribution in [3.63, 3.8) is 0 Å². The molecule has 32 heavy (non-hydrogen) atoms. The summed E-state index contributed by atoms with van der Waals surface area (Å²) >= 11 is 11.9. The van der Waals surface area contributed by atoms with Crippen LogP contribution in [0.3, 0.4) is 0 Å². The van der Waals surface area contributed by atoms with Crippen LogP contribution in [0.4, 0.5) is 30.2 Å². The minimum absolute atomic E-state index is 0.00306. The molecule has 3 aromatic rings. The molecule has 0 aliphatic carbocycles. The Morgan fingerprint density at radius 2 is 1.53 bits per heavy atom. The van der Waals surface area contributed by atoms with Crippen molar-refractivity contribution in [1.29, 1.82) is 0 Å². The van der Waals surface area contributed by atoms with Gasteiger partial charge in [-0.25, -0.2) is 0 Å². The molecule has 0 aliphatic rings. The van der Waals surface area contributed by atoms with E-state index in [4.69, 9.17) is 23.2 Å². The lowest BCUT2D eigenvalue weighted by Crippen LogP contribution is -2.22. The van der Waals surface area contributed by atoms with Gasteiger partial charge in [-0.1, -0.05) is 35.3 Å². The van der Waals surface area contributed by atoms with Crippen LogP contribution in [0.2, 0.25) is 10.0 Å². The average Bonchev–Trinajstić information content (AvgIpc) is 2.73. The van der Waals surface area contributed by atoms with Gasteiger partial charge in [-0.3, -0.25) is 9.59 Å². The highest BCUT2D eigenvalue weighted by Crippen LogP contribution is 2.31. The lowest BCUT2D eigenvalue weighted by molar-refractivity contribution is -0.137. The van der Waals surface area contributed by atoms with Crippen molar-refractivity contribution in [3.8, 4) is 0 Å². The van der Waals surface area contributed by atoms with Gasteiger partial charge in [-0.15, -0.1) is 0 Å². The zero-order valence-electron chi connectivity index (χ0n) is 16.3. The minimum Gasteiger partial charge on any atom is -0.375 e. The Hall–Kier alpha value is -3.23. The molecule has 3 aromatic carbocycles. The number of alkyl halides is 3. The van der Waals surface area contributed by atoms with Crippen molar-refractivity contribution in [1.82, 2.24) is 0 Å². The average molecular weight is 482 g/mol. The SMILES string of the molecule is O=C(CNc1ccc(Cl)cc1Cl)Nc1cccc(C(=O)Nc2cccc(C(F)(F)F)c2)c1. The first kappa shape index (κ1) is 23.4. The van der Waals surface area contributed by atoms with Gasteiger partial charge in [0.05, 0.1) is 22.8 Å². The number of halogens is 5. The van der Waals surface area contributed by atoms with E-state index in [1.54, 1.807) is 24.3 Å². The maximum Gasteiger partial charge on any atom is 0.416 e. The highest BCUT2D eigenvalue weighted by molar-refractivity contribution is 6.36. The second kappa shape index (κ2) is 9.93. The number of anilines is 3. The molecule has 166 valence electrons. The maximum absolute atomic E-state index is 12.8. The Bertz CT molecular complexity index is 1150. The van der Waals surface area contributed by atoms with Gasteiger partial charge < -0.3 is 16.0 Å². The lowest BCUT2D eigenvalue weighted by Gasteiger charge is -2.11. The first-order valence-corrected chi connectivity index (χ1v) is 9.95. The van der Waals surface area contributed by atoms with Crippen molar-refractivity contribution < 1.29 is 22.8 Å². The largest absolute Gasteiger partial charge is 0.416 e. The van der Waals surface area contributed by atoms with Crippen molar-refractivity contribution in [2.75, 3.05) is 22.5 Å². The van der Waals surface area contributed by atoms with E-state index in [2.05, 4.69) is 16.0 Å². The molecule has 3 N–H and O–H groups in total. The van der Waals surface area contributed by atoms with E-state index in [0.29, 0.717) is 21.4 Å². The molecule has 0 aliphatic heterocycles. The predicted octanol–water partition coefficient (Wildman–Crippen LogP) is 6.32. The number of rotatable bonds is 6. The zero-order valence-corrected chi connectivity index (χ0v) is 17.8. The fourth-order valence-electron chi connectivity index (χ4n) is 2.73. The van der Waals surface area contributed by atoms with Crippen LogP contribution in [0.5, 0.6) is 0 Å². The Balaban J connectivity index is 1.62. The van der Waals surface area contributed by atoms with E-state index >= 15 is 0 Å². The molecule has 5 nitrogen and oxygen atoms in total. The second-order valence-corrected chi connectivity index (χ2v) is 7.48. The van der Waals surface area contributed by atoms with Crippen LogP contribution in [0.1, 0.15) is 15.9 Å². The summed E-state index contributed by atoms with van der Waals surface area (Å²) < 4.78 is 38.5. The third kappa shape index (κ3) is 6.38. The van der Waals surface area contributed by atoms with E-state index in [-0.39, 0.29) is 17.8 Å². The normalized spacial score (nSPS) is 11.0. The Morgan fingerprint density at radius 1 is 0.844 bits per heavy atom. The third-order valence-corrected chi connectivity index (χ3v) is 4.77. The van der Waals surface area contributed by atoms with Crippen LogP contribution in [0.25, 0.3) is 0 Å². The van der Waals surface area contributed by atoms with Gasteiger partial charge >= 0.3 is 6.18 Å². The second-order valence-electron chi connectivity index (χ2n) is 6.64. The van der Waals surface area contributed by atoms with Gasteiger partial charge in [0.15, 0.2) is 0 Å². The van der Waals surface area contributed by atoms with Gasteiger partial charge in [0.25, 0.3) is 5.91 Å². The molecule has 0 saturated heterocycles. The van der Waals surface area contributed by atoms with E-state index in [0.717, 1.165) is 12.1 Å². The zero-order chi connectivity index (χ0) is 23.3. The molecule has 0 radical (unpaired) electrons. The number of nitrogens with one attached hydrogen (secondary N) is 3. The summed E-state index contributed by atoms with van der Waals surface area (Å²) in [6.07, 6.45) is -4.52. The number of hydrogen-bond donors (Lipinski definition) is 3. The van der Waals surface area contributed by atoms with Gasteiger partial charge in [0, 0.05) is 22.0 Å². The van der Waals surface area contributed by atoms with Crippen molar-refractivity contribution in [2.24, 2.45) is 0 Å². The van der Waals surface area contributed by atoms with Gasteiger partial charge in [-0.05, 0) is 54.6 Å². The van der Waals surface area contributed by atoms with E-state index in [1.807, 2.05) is 0 Å². The molecule has 0 saturated carbocycles. The van der Waals surface area contributed by atoms with Gasteiger partial charge in [-0.2, -0.15) is 13.2 Å². The molecule has 0 heterocycles. The molecule has 0 atom stereocenters. The Labute approximate surface area is 191 Å². The van der Waals surface area contributed by atoms with Crippen LogP contribution >= 0.6 is 23.2 Å². The highest BCUT2D eigenvalue weighted by Gasteiger charge is 2.30. The topological polar surface area (TPSA) is 70.2 Å². The van der Waals surface area contributed by atoms with E-state index < -0.39 is 23.6 Å². The lowest BCUT2D eigenvalue weighted by atomic mass is 10.1. The smallest absolute Gasteiger partial charge is 0.375 e. The molecule has 0 bridgehead atoms. The summed E-state index contributed by atoms with van der Waals surface area (Å²) in [6, 6.07) is 15.1. The minimum atomic E-state index is -4.52. The van der Waals surface area contributed by atoms with E-state index in [1.165, 1.54) is 30.3 Å². The highest BCUT2D eigenvalue weighted by atomic mass is 35.5.